The van der Waals surface area contributed by atoms with Crippen molar-refractivity contribution in [3.05, 3.63) is 70.8 Å². The molecule has 2 aromatic carbocycles. The summed E-state index contributed by atoms with van der Waals surface area (Å²) in [7, 11) is 0. The first kappa shape index (κ1) is 13.7. The van der Waals surface area contributed by atoms with Crippen molar-refractivity contribution in [3.63, 3.8) is 0 Å². The molecule has 1 unspecified atom stereocenters. The van der Waals surface area contributed by atoms with Gasteiger partial charge in [0.2, 0.25) is 0 Å². The van der Waals surface area contributed by atoms with E-state index in [4.69, 9.17) is 5.73 Å². The Hall–Kier alpha value is -1.74. The van der Waals surface area contributed by atoms with Gasteiger partial charge in [-0.25, -0.2) is 8.78 Å². The van der Waals surface area contributed by atoms with E-state index in [1.165, 1.54) is 17.7 Å². The van der Waals surface area contributed by atoms with E-state index in [1.54, 1.807) is 0 Å². The van der Waals surface area contributed by atoms with Gasteiger partial charge in [0.1, 0.15) is 11.6 Å². The predicted molar refractivity (Wildman–Crippen MR) is 72.9 cm³/mol. The second-order valence-electron chi connectivity index (χ2n) is 4.89. The van der Waals surface area contributed by atoms with Gasteiger partial charge in [-0.05, 0) is 37.0 Å². The molecule has 0 spiro atoms. The highest BCUT2D eigenvalue weighted by molar-refractivity contribution is 5.24. The van der Waals surface area contributed by atoms with Gasteiger partial charge in [-0.15, -0.1) is 0 Å². The van der Waals surface area contributed by atoms with E-state index < -0.39 is 11.6 Å². The van der Waals surface area contributed by atoms with Crippen molar-refractivity contribution >= 4 is 0 Å². The molecule has 2 rings (SSSR count). The van der Waals surface area contributed by atoms with E-state index >= 15 is 0 Å². The smallest absolute Gasteiger partial charge is 0.129 e. The number of aryl methyl sites for hydroxylation is 1. The number of rotatable bonds is 4. The largest absolute Gasteiger partial charge is 0.327 e. The van der Waals surface area contributed by atoms with Crippen LogP contribution in [0.15, 0.2) is 42.5 Å². The maximum atomic E-state index is 13.5. The number of nitrogens with two attached hydrogens (primary N) is 1. The number of benzene rings is 2. The summed E-state index contributed by atoms with van der Waals surface area (Å²) >= 11 is 0. The van der Waals surface area contributed by atoms with Crippen LogP contribution in [0.4, 0.5) is 8.78 Å². The summed E-state index contributed by atoms with van der Waals surface area (Å²) < 4.78 is 26.3. The van der Waals surface area contributed by atoms with Gasteiger partial charge in [-0.1, -0.05) is 35.9 Å². The van der Waals surface area contributed by atoms with Gasteiger partial charge in [0.05, 0.1) is 0 Å². The highest BCUT2D eigenvalue weighted by atomic mass is 19.1. The zero-order valence-electron chi connectivity index (χ0n) is 10.9. The van der Waals surface area contributed by atoms with E-state index in [1.807, 2.05) is 25.1 Å². The third kappa shape index (κ3) is 3.86. The van der Waals surface area contributed by atoms with Gasteiger partial charge in [0.25, 0.3) is 0 Å². The Morgan fingerprint density at radius 2 is 1.84 bits per heavy atom. The molecule has 0 aliphatic rings. The van der Waals surface area contributed by atoms with Crippen molar-refractivity contribution in [2.75, 3.05) is 0 Å². The van der Waals surface area contributed by atoms with Crippen LogP contribution in [0.2, 0.25) is 0 Å². The molecule has 0 saturated heterocycles. The fraction of sp³-hybridized carbons (Fsp3) is 0.250. The van der Waals surface area contributed by atoms with Crippen molar-refractivity contribution in [2.24, 2.45) is 5.73 Å². The number of hydrogen-bond acceptors (Lipinski definition) is 1. The molecule has 2 N–H and O–H groups in total. The Bertz CT molecular complexity index is 566. The minimum absolute atomic E-state index is 0.179. The molecule has 0 fully saturated rings. The molecule has 0 aliphatic heterocycles. The molecule has 0 heterocycles. The van der Waals surface area contributed by atoms with Crippen molar-refractivity contribution in [1.82, 2.24) is 0 Å². The Morgan fingerprint density at radius 1 is 1.05 bits per heavy atom. The van der Waals surface area contributed by atoms with Gasteiger partial charge in [0.15, 0.2) is 0 Å². The molecule has 0 amide bonds. The SMILES string of the molecule is Cc1cccc(CC(N)Cc2ccc(F)cc2F)c1. The molecule has 100 valence electrons. The average Bonchev–Trinajstić information content (AvgIpc) is 2.33. The van der Waals surface area contributed by atoms with Crippen molar-refractivity contribution < 1.29 is 8.78 Å². The summed E-state index contributed by atoms with van der Waals surface area (Å²) in [6, 6.07) is 11.5. The highest BCUT2D eigenvalue weighted by Crippen LogP contribution is 2.13. The van der Waals surface area contributed by atoms with Crippen LogP contribution in [0.1, 0.15) is 16.7 Å². The summed E-state index contributed by atoms with van der Waals surface area (Å²) in [5.41, 5.74) is 8.81. The molecule has 0 saturated carbocycles. The minimum Gasteiger partial charge on any atom is -0.327 e. The summed E-state index contributed by atoms with van der Waals surface area (Å²) in [4.78, 5) is 0. The summed E-state index contributed by atoms with van der Waals surface area (Å²) in [6.07, 6.45) is 1.08. The lowest BCUT2D eigenvalue weighted by molar-refractivity contribution is 0.558. The monoisotopic (exact) mass is 261 g/mol. The predicted octanol–water partition coefficient (Wildman–Crippen LogP) is 3.39. The topological polar surface area (TPSA) is 26.0 Å². The zero-order chi connectivity index (χ0) is 13.8. The lowest BCUT2D eigenvalue weighted by Gasteiger charge is -2.13. The Kier molecular flexibility index (Phi) is 4.27. The van der Waals surface area contributed by atoms with E-state index in [0.29, 0.717) is 18.4 Å². The van der Waals surface area contributed by atoms with Crippen LogP contribution in [-0.2, 0) is 12.8 Å². The Balaban J connectivity index is 2.03. The minimum atomic E-state index is -0.562. The van der Waals surface area contributed by atoms with Crippen LogP contribution < -0.4 is 5.73 Å². The molecule has 1 nitrogen and oxygen atoms in total. The van der Waals surface area contributed by atoms with Crippen LogP contribution in [0.25, 0.3) is 0 Å². The average molecular weight is 261 g/mol. The summed E-state index contributed by atoms with van der Waals surface area (Å²) in [5, 5.41) is 0. The first-order valence-electron chi connectivity index (χ1n) is 6.29. The van der Waals surface area contributed by atoms with Gasteiger partial charge in [0, 0.05) is 12.1 Å². The third-order valence-electron chi connectivity index (χ3n) is 3.08. The van der Waals surface area contributed by atoms with Crippen molar-refractivity contribution in [1.29, 1.82) is 0 Å². The molecular weight excluding hydrogens is 244 g/mol. The fourth-order valence-electron chi connectivity index (χ4n) is 2.18. The van der Waals surface area contributed by atoms with E-state index in [2.05, 4.69) is 6.07 Å². The van der Waals surface area contributed by atoms with Crippen LogP contribution >= 0.6 is 0 Å². The molecule has 0 aliphatic carbocycles. The van der Waals surface area contributed by atoms with E-state index in [-0.39, 0.29) is 6.04 Å². The normalized spacial score (nSPS) is 12.4. The lowest BCUT2D eigenvalue weighted by Crippen LogP contribution is -2.26. The second-order valence-corrected chi connectivity index (χ2v) is 4.89. The molecule has 0 aromatic heterocycles. The van der Waals surface area contributed by atoms with Gasteiger partial charge in [-0.3, -0.25) is 0 Å². The molecule has 0 radical (unpaired) electrons. The first-order valence-corrected chi connectivity index (χ1v) is 6.29. The first-order chi connectivity index (χ1) is 9.04. The van der Waals surface area contributed by atoms with Crippen LogP contribution in [0.5, 0.6) is 0 Å². The van der Waals surface area contributed by atoms with Gasteiger partial charge < -0.3 is 5.73 Å². The molecular formula is C16H17F2N. The van der Waals surface area contributed by atoms with Crippen LogP contribution in [0.3, 0.4) is 0 Å². The summed E-state index contributed by atoms with van der Waals surface area (Å²) in [6.45, 7) is 2.02. The molecule has 0 bridgehead atoms. The van der Waals surface area contributed by atoms with E-state index in [9.17, 15) is 8.78 Å². The number of hydrogen-bond donors (Lipinski definition) is 1. The van der Waals surface area contributed by atoms with Crippen LogP contribution in [0, 0.1) is 18.6 Å². The van der Waals surface area contributed by atoms with Crippen LogP contribution in [-0.4, -0.2) is 6.04 Å². The number of halogens is 2. The Labute approximate surface area is 112 Å². The maximum Gasteiger partial charge on any atom is 0.129 e. The zero-order valence-corrected chi connectivity index (χ0v) is 10.9. The molecule has 19 heavy (non-hydrogen) atoms. The summed E-state index contributed by atoms with van der Waals surface area (Å²) in [5.74, 6) is -1.09. The lowest BCUT2D eigenvalue weighted by atomic mass is 9.98. The highest BCUT2D eigenvalue weighted by Gasteiger charge is 2.10. The van der Waals surface area contributed by atoms with Crippen molar-refractivity contribution in [2.45, 2.75) is 25.8 Å². The maximum absolute atomic E-state index is 13.5. The molecule has 1 atom stereocenters. The standard InChI is InChI=1S/C16H17F2N/c1-11-3-2-4-12(7-11)8-15(19)9-13-5-6-14(17)10-16(13)18/h2-7,10,15H,8-9,19H2,1H3. The molecule has 3 heteroatoms. The Morgan fingerprint density at radius 3 is 2.53 bits per heavy atom. The third-order valence-corrected chi connectivity index (χ3v) is 3.08. The fourth-order valence-corrected chi connectivity index (χ4v) is 2.18. The quantitative estimate of drug-likeness (QED) is 0.897. The molecule has 2 aromatic rings. The van der Waals surface area contributed by atoms with E-state index in [0.717, 1.165) is 11.6 Å². The second kappa shape index (κ2) is 5.93. The van der Waals surface area contributed by atoms with Gasteiger partial charge in [-0.2, -0.15) is 0 Å². The van der Waals surface area contributed by atoms with Gasteiger partial charge >= 0.3 is 0 Å². The van der Waals surface area contributed by atoms with Crippen molar-refractivity contribution in [3.8, 4) is 0 Å².